The van der Waals surface area contributed by atoms with Crippen LogP contribution in [0.3, 0.4) is 0 Å². The second-order valence-electron chi connectivity index (χ2n) is 5.01. The Balaban J connectivity index is 1.95. The van der Waals surface area contributed by atoms with Crippen molar-refractivity contribution in [3.8, 4) is 0 Å². The molecule has 1 saturated heterocycles. The van der Waals surface area contributed by atoms with Crippen molar-refractivity contribution in [2.24, 2.45) is 10.4 Å². The molecule has 1 aliphatic heterocycles. The van der Waals surface area contributed by atoms with Crippen LogP contribution >= 0.6 is 0 Å². The van der Waals surface area contributed by atoms with Gasteiger partial charge in [-0.25, -0.2) is 4.99 Å². The number of nitrogens with one attached hydrogen (secondary N) is 1. The quantitative estimate of drug-likeness (QED) is 0.448. The van der Waals surface area contributed by atoms with Crippen LogP contribution in [0.1, 0.15) is 32.6 Å². The first-order valence-corrected chi connectivity index (χ1v) is 6.44. The topological polar surface area (TPSA) is 27.6 Å². The average molecular weight is 221 g/mol. The number of nitrogens with zero attached hydrogens (tertiary/aromatic N) is 2. The summed E-state index contributed by atoms with van der Waals surface area (Å²) in [4.78, 5) is 6.97. The van der Waals surface area contributed by atoms with Crippen LogP contribution in [0.5, 0.6) is 0 Å². The van der Waals surface area contributed by atoms with Gasteiger partial charge in [-0.05, 0) is 31.6 Å². The summed E-state index contributed by atoms with van der Waals surface area (Å²) in [5, 5.41) is 3.37. The molecule has 0 unspecified atom stereocenters. The third-order valence-electron chi connectivity index (χ3n) is 3.86. The van der Waals surface area contributed by atoms with Crippen molar-refractivity contribution in [2.45, 2.75) is 32.6 Å². The molecule has 2 fully saturated rings. The fourth-order valence-electron chi connectivity index (χ4n) is 2.78. The van der Waals surface area contributed by atoms with Crippen molar-refractivity contribution in [1.29, 1.82) is 0 Å². The maximum absolute atomic E-state index is 4.55. The van der Waals surface area contributed by atoms with E-state index in [0.717, 1.165) is 12.5 Å². The van der Waals surface area contributed by atoms with Crippen LogP contribution in [-0.4, -0.2) is 37.0 Å². The van der Waals surface area contributed by atoms with Gasteiger partial charge in [0.05, 0.1) is 6.54 Å². The molecule has 0 amide bonds. The van der Waals surface area contributed by atoms with Crippen molar-refractivity contribution in [1.82, 2.24) is 10.2 Å². The largest absolute Gasteiger partial charge is 0.357 e. The molecule has 1 saturated carbocycles. The van der Waals surface area contributed by atoms with E-state index >= 15 is 0 Å². The second kappa shape index (κ2) is 4.89. The third kappa shape index (κ3) is 2.23. The maximum atomic E-state index is 4.55. The Morgan fingerprint density at radius 3 is 2.81 bits per heavy atom. The fraction of sp³-hybridized carbons (Fsp3) is 0.769. The van der Waals surface area contributed by atoms with Gasteiger partial charge in [-0.3, -0.25) is 0 Å². The van der Waals surface area contributed by atoms with Crippen LogP contribution in [0.2, 0.25) is 0 Å². The highest BCUT2D eigenvalue weighted by atomic mass is 15.3. The van der Waals surface area contributed by atoms with Crippen LogP contribution in [0, 0.1) is 5.41 Å². The Hall–Kier alpha value is -0.990. The van der Waals surface area contributed by atoms with E-state index in [9.17, 15) is 0 Å². The first-order valence-electron chi connectivity index (χ1n) is 6.44. The average Bonchev–Trinajstić information content (AvgIpc) is 2.69. The third-order valence-corrected chi connectivity index (χ3v) is 3.86. The number of aliphatic imine (C=N–C) groups is 1. The maximum Gasteiger partial charge on any atom is 0.194 e. The predicted molar refractivity (Wildman–Crippen MR) is 68.6 cm³/mol. The van der Waals surface area contributed by atoms with Crippen LogP contribution in [0.4, 0.5) is 0 Å². The first-order chi connectivity index (χ1) is 7.79. The van der Waals surface area contributed by atoms with Gasteiger partial charge in [0, 0.05) is 19.6 Å². The summed E-state index contributed by atoms with van der Waals surface area (Å²) in [5.41, 5.74) is 0.643. The summed E-state index contributed by atoms with van der Waals surface area (Å²) in [7, 11) is 0. The van der Waals surface area contributed by atoms with Gasteiger partial charge in [-0.15, -0.1) is 6.58 Å². The highest BCUT2D eigenvalue weighted by Crippen LogP contribution is 2.47. The Morgan fingerprint density at radius 1 is 1.50 bits per heavy atom. The highest BCUT2D eigenvalue weighted by Gasteiger charge is 2.43. The lowest BCUT2D eigenvalue weighted by Crippen LogP contribution is -2.42. The predicted octanol–water partition coefficient (Wildman–Crippen LogP) is 2.01. The highest BCUT2D eigenvalue weighted by molar-refractivity contribution is 5.80. The number of hydrogen-bond donors (Lipinski definition) is 1. The van der Waals surface area contributed by atoms with Crippen LogP contribution in [-0.2, 0) is 0 Å². The minimum atomic E-state index is 0.643. The standard InChI is InChI=1S/C13H23N3/c1-3-9-15-12(14-4-2)16-10-8-13(11-16)6-5-7-13/h3H,1,4-11H2,2H3,(H,14,15). The molecule has 2 aliphatic rings. The van der Waals surface area contributed by atoms with Crippen molar-refractivity contribution in [3.05, 3.63) is 12.7 Å². The van der Waals surface area contributed by atoms with Crippen molar-refractivity contribution >= 4 is 5.96 Å². The molecule has 0 atom stereocenters. The Labute approximate surface area is 98.6 Å². The number of guanidine groups is 1. The van der Waals surface area contributed by atoms with Crippen molar-refractivity contribution < 1.29 is 0 Å². The van der Waals surface area contributed by atoms with E-state index in [1.165, 1.54) is 38.8 Å². The lowest BCUT2D eigenvalue weighted by atomic mass is 9.68. The van der Waals surface area contributed by atoms with Gasteiger partial charge in [0.25, 0.3) is 0 Å². The summed E-state index contributed by atoms with van der Waals surface area (Å²) in [5.74, 6) is 1.08. The molecule has 0 bridgehead atoms. The van der Waals surface area contributed by atoms with Crippen molar-refractivity contribution in [2.75, 3.05) is 26.2 Å². The molecule has 0 aromatic rings. The van der Waals surface area contributed by atoms with Crippen LogP contribution in [0.15, 0.2) is 17.6 Å². The van der Waals surface area contributed by atoms with E-state index in [-0.39, 0.29) is 0 Å². The van der Waals surface area contributed by atoms with E-state index < -0.39 is 0 Å². The molecule has 0 aromatic carbocycles. The molecule has 1 aliphatic carbocycles. The molecular weight excluding hydrogens is 198 g/mol. The lowest BCUT2D eigenvalue weighted by Gasteiger charge is -2.38. The summed E-state index contributed by atoms with van der Waals surface area (Å²) in [6.45, 7) is 9.88. The van der Waals surface area contributed by atoms with Crippen LogP contribution in [0.25, 0.3) is 0 Å². The molecular formula is C13H23N3. The molecule has 1 spiro atoms. The monoisotopic (exact) mass is 221 g/mol. The molecule has 16 heavy (non-hydrogen) atoms. The van der Waals surface area contributed by atoms with Gasteiger partial charge in [0.1, 0.15) is 0 Å². The number of rotatable bonds is 3. The van der Waals surface area contributed by atoms with E-state index in [0.29, 0.717) is 12.0 Å². The first kappa shape index (κ1) is 11.5. The zero-order valence-electron chi connectivity index (χ0n) is 10.3. The van der Waals surface area contributed by atoms with E-state index in [2.05, 4.69) is 28.7 Å². The molecule has 2 rings (SSSR count). The summed E-state index contributed by atoms with van der Waals surface area (Å²) in [6.07, 6.45) is 7.47. The number of hydrogen-bond acceptors (Lipinski definition) is 1. The minimum Gasteiger partial charge on any atom is -0.357 e. The minimum absolute atomic E-state index is 0.643. The molecule has 0 radical (unpaired) electrons. The molecule has 90 valence electrons. The lowest BCUT2D eigenvalue weighted by molar-refractivity contribution is 0.151. The van der Waals surface area contributed by atoms with Gasteiger partial charge < -0.3 is 10.2 Å². The summed E-state index contributed by atoms with van der Waals surface area (Å²) < 4.78 is 0. The Kier molecular flexibility index (Phi) is 3.52. The van der Waals surface area contributed by atoms with Gasteiger partial charge in [0.2, 0.25) is 0 Å². The van der Waals surface area contributed by atoms with Gasteiger partial charge in [0.15, 0.2) is 5.96 Å². The molecule has 3 nitrogen and oxygen atoms in total. The zero-order chi connectivity index (χ0) is 11.4. The van der Waals surface area contributed by atoms with E-state index in [1.807, 2.05) is 6.08 Å². The van der Waals surface area contributed by atoms with Crippen molar-refractivity contribution in [3.63, 3.8) is 0 Å². The Morgan fingerprint density at radius 2 is 2.31 bits per heavy atom. The second-order valence-corrected chi connectivity index (χ2v) is 5.01. The van der Waals surface area contributed by atoms with Crippen LogP contribution < -0.4 is 5.32 Å². The number of likely N-dealkylation sites (tertiary alicyclic amines) is 1. The molecule has 3 heteroatoms. The SMILES string of the molecule is C=CCN=C(NCC)N1CCC2(CCC2)C1. The smallest absolute Gasteiger partial charge is 0.194 e. The van der Waals surface area contributed by atoms with Gasteiger partial charge in [-0.2, -0.15) is 0 Å². The Bertz CT molecular complexity index is 279. The van der Waals surface area contributed by atoms with E-state index in [4.69, 9.17) is 0 Å². The fourth-order valence-corrected chi connectivity index (χ4v) is 2.78. The molecule has 1 N–H and O–H groups in total. The van der Waals surface area contributed by atoms with E-state index in [1.54, 1.807) is 0 Å². The molecule has 0 aromatic heterocycles. The zero-order valence-corrected chi connectivity index (χ0v) is 10.3. The molecule has 1 heterocycles. The van der Waals surface area contributed by atoms with Gasteiger partial charge >= 0.3 is 0 Å². The van der Waals surface area contributed by atoms with Gasteiger partial charge in [-0.1, -0.05) is 12.5 Å². The normalized spacial score (nSPS) is 23.3. The summed E-state index contributed by atoms with van der Waals surface area (Å²) in [6, 6.07) is 0. The summed E-state index contributed by atoms with van der Waals surface area (Å²) >= 11 is 0.